The van der Waals surface area contributed by atoms with Crippen LogP contribution in [0.4, 0.5) is 5.69 Å². The Balaban J connectivity index is 2.90. The van der Waals surface area contributed by atoms with Gasteiger partial charge in [-0.2, -0.15) is 0 Å². The number of aromatic nitrogens is 1. The van der Waals surface area contributed by atoms with E-state index in [1.807, 2.05) is 13.8 Å². The first-order chi connectivity index (χ1) is 17.5. The zero-order chi connectivity index (χ0) is 27.8. The van der Waals surface area contributed by atoms with E-state index < -0.39 is 41.8 Å². The van der Waals surface area contributed by atoms with E-state index in [0.717, 1.165) is 11.0 Å². The highest BCUT2D eigenvalue weighted by Gasteiger charge is 2.22. The normalized spacial score (nSPS) is 11.7. The van der Waals surface area contributed by atoms with Crippen LogP contribution < -0.4 is 21.5 Å². The number of carbonyl (C=O) groups excluding carboxylic acids is 4. The Hall–Kier alpha value is -3.96. The fraction of sp³-hybridized carbons (Fsp3) is 0.520. The van der Waals surface area contributed by atoms with E-state index in [1.54, 1.807) is 6.92 Å². The van der Waals surface area contributed by atoms with E-state index >= 15 is 0 Å². The summed E-state index contributed by atoms with van der Waals surface area (Å²) in [5.74, 6) is -2.99. The molecule has 0 aliphatic carbocycles. The second-order valence-electron chi connectivity index (χ2n) is 8.62. The maximum Gasteiger partial charge on any atom is 0.330 e. The topological polar surface area (TPSA) is 173 Å². The van der Waals surface area contributed by atoms with Crippen LogP contribution in [0.2, 0.25) is 0 Å². The summed E-state index contributed by atoms with van der Waals surface area (Å²) in [5.41, 5.74) is -0.692. The Morgan fingerprint density at radius 1 is 1.11 bits per heavy atom. The van der Waals surface area contributed by atoms with Gasteiger partial charge in [-0.3, -0.25) is 24.0 Å². The number of hydrogen-bond acceptors (Lipinski definition) is 7. The van der Waals surface area contributed by atoms with Gasteiger partial charge < -0.3 is 30.4 Å². The molecule has 0 saturated heterocycles. The van der Waals surface area contributed by atoms with E-state index in [9.17, 15) is 28.8 Å². The fourth-order valence-corrected chi connectivity index (χ4v) is 3.08. The number of nitrogens with zero attached hydrogens (tertiary/aromatic N) is 1. The molecule has 0 saturated carbocycles. The molecule has 1 unspecified atom stereocenters. The Kier molecular flexibility index (Phi) is 14.0. The van der Waals surface area contributed by atoms with Crippen molar-refractivity contribution in [2.24, 2.45) is 5.92 Å². The van der Waals surface area contributed by atoms with Crippen LogP contribution in [0.1, 0.15) is 52.9 Å². The minimum absolute atomic E-state index is 0.0693. The minimum Gasteiger partial charge on any atom is -0.481 e. The van der Waals surface area contributed by atoms with Gasteiger partial charge in [-0.05, 0) is 44.2 Å². The lowest BCUT2D eigenvalue weighted by atomic mass is 10.1. The van der Waals surface area contributed by atoms with Gasteiger partial charge in [0.25, 0.3) is 5.56 Å². The predicted molar refractivity (Wildman–Crippen MR) is 136 cm³/mol. The number of ether oxygens (including phenoxy) is 1. The summed E-state index contributed by atoms with van der Waals surface area (Å²) < 4.78 is 5.94. The van der Waals surface area contributed by atoms with Gasteiger partial charge in [0.15, 0.2) is 0 Å². The molecule has 37 heavy (non-hydrogen) atoms. The molecule has 3 amide bonds. The number of aliphatic carboxylic acids is 1. The van der Waals surface area contributed by atoms with Gasteiger partial charge in [0.2, 0.25) is 17.7 Å². The van der Waals surface area contributed by atoms with Gasteiger partial charge in [-0.25, -0.2) is 4.79 Å². The monoisotopic (exact) mass is 520 g/mol. The summed E-state index contributed by atoms with van der Waals surface area (Å²) in [4.78, 5) is 72.2. The van der Waals surface area contributed by atoms with Crippen LogP contribution in [0, 0.1) is 5.92 Å². The number of carbonyl (C=O) groups is 5. The van der Waals surface area contributed by atoms with Crippen molar-refractivity contribution in [3.05, 3.63) is 40.8 Å². The molecule has 204 valence electrons. The average molecular weight is 521 g/mol. The highest BCUT2D eigenvalue weighted by atomic mass is 16.5. The fourth-order valence-electron chi connectivity index (χ4n) is 3.08. The number of nitrogens with one attached hydrogen (secondary N) is 3. The molecule has 0 aliphatic heterocycles. The van der Waals surface area contributed by atoms with Crippen molar-refractivity contribution in [2.45, 2.75) is 65.5 Å². The van der Waals surface area contributed by atoms with E-state index in [1.165, 1.54) is 30.5 Å². The third-order valence-electron chi connectivity index (χ3n) is 5.02. The van der Waals surface area contributed by atoms with Crippen LogP contribution in [0.15, 0.2) is 35.3 Å². The Morgan fingerprint density at radius 2 is 1.84 bits per heavy atom. The van der Waals surface area contributed by atoms with Gasteiger partial charge >= 0.3 is 11.9 Å². The number of hydrogen-bond donors (Lipinski definition) is 4. The highest BCUT2D eigenvalue weighted by molar-refractivity contribution is 5.97. The Bertz CT molecular complexity index is 1030. The molecule has 1 aromatic rings. The molecule has 1 heterocycles. The summed E-state index contributed by atoms with van der Waals surface area (Å²) >= 11 is 0. The summed E-state index contributed by atoms with van der Waals surface area (Å²) in [6.07, 6.45) is 4.44. The molecule has 0 fully saturated rings. The molecular weight excluding hydrogens is 484 g/mol. The van der Waals surface area contributed by atoms with Crippen molar-refractivity contribution in [3.63, 3.8) is 0 Å². The highest BCUT2D eigenvalue weighted by Crippen LogP contribution is 2.06. The van der Waals surface area contributed by atoms with Crippen LogP contribution >= 0.6 is 0 Å². The second-order valence-corrected chi connectivity index (χ2v) is 8.62. The number of esters is 1. The Labute approximate surface area is 215 Å². The number of amides is 3. The van der Waals surface area contributed by atoms with Gasteiger partial charge in [-0.15, -0.1) is 0 Å². The maximum absolute atomic E-state index is 12.9. The largest absolute Gasteiger partial charge is 0.481 e. The van der Waals surface area contributed by atoms with E-state index in [0.29, 0.717) is 12.5 Å². The number of carboxylic acid groups (broad SMARTS) is 1. The number of anilines is 1. The molecule has 0 spiro atoms. The first kappa shape index (κ1) is 31.1. The van der Waals surface area contributed by atoms with Crippen molar-refractivity contribution < 1.29 is 33.8 Å². The van der Waals surface area contributed by atoms with Gasteiger partial charge in [0.1, 0.15) is 18.3 Å². The van der Waals surface area contributed by atoms with Crippen LogP contribution in [0.5, 0.6) is 0 Å². The molecule has 0 aliphatic rings. The van der Waals surface area contributed by atoms with Crippen molar-refractivity contribution in [2.75, 3.05) is 18.5 Å². The molecule has 4 N–H and O–H groups in total. The molecule has 1 atom stereocenters. The maximum atomic E-state index is 12.9. The van der Waals surface area contributed by atoms with Crippen molar-refractivity contribution in [1.29, 1.82) is 0 Å². The summed E-state index contributed by atoms with van der Waals surface area (Å²) in [6, 6.07) is 1.76. The first-order valence-corrected chi connectivity index (χ1v) is 12.1. The molecule has 1 rings (SSSR count). The number of carboxylic acids is 1. The quantitative estimate of drug-likeness (QED) is 0.186. The zero-order valence-corrected chi connectivity index (χ0v) is 21.5. The Morgan fingerprint density at radius 3 is 2.49 bits per heavy atom. The number of rotatable bonds is 16. The second kappa shape index (κ2) is 16.7. The van der Waals surface area contributed by atoms with Crippen molar-refractivity contribution in [1.82, 2.24) is 15.2 Å². The molecule has 12 nitrogen and oxygen atoms in total. The van der Waals surface area contributed by atoms with Gasteiger partial charge in [-0.1, -0.05) is 19.9 Å². The van der Waals surface area contributed by atoms with E-state index in [4.69, 9.17) is 9.84 Å². The lowest BCUT2D eigenvalue weighted by molar-refractivity contribution is -0.139. The smallest absolute Gasteiger partial charge is 0.330 e. The van der Waals surface area contributed by atoms with Crippen LogP contribution in [0.25, 0.3) is 0 Å². The van der Waals surface area contributed by atoms with Gasteiger partial charge in [0, 0.05) is 25.2 Å². The number of pyridine rings is 1. The zero-order valence-electron chi connectivity index (χ0n) is 21.5. The molecule has 0 aromatic carbocycles. The summed E-state index contributed by atoms with van der Waals surface area (Å²) in [7, 11) is 0. The third-order valence-corrected chi connectivity index (χ3v) is 5.02. The van der Waals surface area contributed by atoms with Gasteiger partial charge in [0.05, 0.1) is 13.0 Å². The van der Waals surface area contributed by atoms with E-state index in [2.05, 4.69) is 16.0 Å². The van der Waals surface area contributed by atoms with Crippen LogP contribution in [-0.4, -0.2) is 58.5 Å². The van der Waals surface area contributed by atoms with Crippen molar-refractivity contribution in [3.8, 4) is 0 Å². The first-order valence-electron chi connectivity index (χ1n) is 12.1. The molecule has 0 bridgehead atoms. The predicted octanol–water partition coefficient (Wildman–Crippen LogP) is 1.20. The SMILES string of the molecule is CCOC(=O)C=CCCC(NC(=O)CCC(=O)O)C(=O)Nc1cccn(CC(=O)NCCC(C)C)c1=O. The number of allylic oxidation sites excluding steroid dienone is 1. The standard InChI is InChI=1S/C25H36N4O8/c1-4-37-23(34)10-6-5-8-18(27-20(30)11-12-22(32)33)24(35)28-19-9-7-15-29(25(19)36)16-21(31)26-14-13-17(2)3/h6-7,9-10,15,17-18H,4-5,8,11-14,16H2,1-3H3,(H,26,31)(H,27,30)(H,28,35)(H,32,33). The van der Waals surface area contributed by atoms with Crippen LogP contribution in [0.3, 0.4) is 0 Å². The molecule has 0 radical (unpaired) electrons. The molecular formula is C25H36N4O8. The molecule has 12 heteroatoms. The average Bonchev–Trinajstić information content (AvgIpc) is 2.82. The lowest BCUT2D eigenvalue weighted by Gasteiger charge is -2.18. The summed E-state index contributed by atoms with van der Waals surface area (Å²) in [6.45, 7) is 6.19. The van der Waals surface area contributed by atoms with Crippen LogP contribution in [-0.2, 0) is 35.3 Å². The third kappa shape index (κ3) is 13.1. The van der Waals surface area contributed by atoms with E-state index in [-0.39, 0.29) is 44.0 Å². The van der Waals surface area contributed by atoms with Crippen molar-refractivity contribution >= 4 is 35.3 Å². The summed E-state index contributed by atoms with van der Waals surface area (Å²) in [5, 5.41) is 16.5. The minimum atomic E-state index is -1.16. The lowest BCUT2D eigenvalue weighted by Crippen LogP contribution is -2.44. The molecule has 1 aromatic heterocycles.